The molecule has 0 atom stereocenters. The van der Waals surface area contributed by atoms with Crippen LogP contribution in [0.15, 0.2) is 312 Å². The Labute approximate surface area is 487 Å². The third-order valence-electron chi connectivity index (χ3n) is 17.3. The van der Waals surface area contributed by atoms with Crippen LogP contribution in [0, 0.1) is 0 Å². The Morgan fingerprint density at radius 3 is 1.19 bits per heavy atom. The van der Waals surface area contributed by atoms with Crippen LogP contribution in [0.2, 0.25) is 5.02 Å². The van der Waals surface area contributed by atoms with Crippen molar-refractivity contribution < 1.29 is 8.83 Å². The van der Waals surface area contributed by atoms with Crippen molar-refractivity contribution in [3.63, 3.8) is 0 Å². The molecule has 0 amide bonds. The summed E-state index contributed by atoms with van der Waals surface area (Å²) in [4.78, 5) is 2.34. The molecule has 17 rings (SSSR count). The van der Waals surface area contributed by atoms with Crippen LogP contribution in [0.5, 0.6) is 0 Å². The molecule has 0 N–H and O–H groups in total. The Morgan fingerprint density at radius 2 is 0.675 bits per heavy atom. The summed E-state index contributed by atoms with van der Waals surface area (Å²) >= 11 is 6.31. The molecule has 0 unspecified atom stereocenters. The number of benzene rings is 13. The molecule has 2 aromatic heterocycles. The van der Waals surface area contributed by atoms with Crippen LogP contribution in [-0.2, 0) is 10.8 Å². The maximum atomic E-state index is 7.10. The van der Waals surface area contributed by atoms with Crippen LogP contribution >= 0.6 is 11.6 Å². The van der Waals surface area contributed by atoms with E-state index in [1.165, 1.54) is 66.4 Å². The molecule has 2 heterocycles. The maximum absolute atomic E-state index is 7.10. The molecule has 0 spiro atoms. The highest BCUT2D eigenvalue weighted by atomic mass is 35.5. The molecule has 394 valence electrons. The molecule has 0 fully saturated rings. The second-order valence-corrected chi connectivity index (χ2v) is 21.9. The fraction of sp³-hybridized carbons (Fsp3) is 0.0380. The van der Waals surface area contributed by atoms with E-state index in [1.807, 2.05) is 12.1 Å². The molecule has 0 radical (unpaired) electrons. The standard InChI is InChI=1S/C47H31NO.C31H19ClO.CH4/c1-3-17-33(18-4-1)47(41-25-11-9-22-37(41)38-23-10-12-26-42(38)47)43-27-14-24-40-39-30-29-35(31-45(39)49-46(40)43)48(34-19-5-2-6-20-34)44-28-13-16-32-15-7-8-21-36(32)44;32-21-17-18-24-25-13-8-16-28(30(25)33-29(24)19-21)31(20-9-2-1-3-10-20)26-14-6-4-11-22(26)23-12-5-7-15-27(23)31;/h1-31H;1-19H;1H4. The van der Waals surface area contributed by atoms with Gasteiger partial charge in [0, 0.05) is 66.6 Å². The fourth-order valence-corrected chi connectivity index (χ4v) is 14.2. The van der Waals surface area contributed by atoms with E-state index in [1.54, 1.807) is 0 Å². The van der Waals surface area contributed by atoms with E-state index >= 15 is 0 Å². The van der Waals surface area contributed by atoms with Crippen LogP contribution in [-0.4, -0.2) is 0 Å². The molecule has 2 aliphatic carbocycles. The molecule has 4 heteroatoms. The third-order valence-corrected chi connectivity index (χ3v) is 17.6. The van der Waals surface area contributed by atoms with Gasteiger partial charge in [-0.05, 0) is 103 Å². The topological polar surface area (TPSA) is 29.5 Å². The van der Waals surface area contributed by atoms with Crippen molar-refractivity contribution in [3.8, 4) is 22.3 Å². The average Bonchev–Trinajstić information content (AvgIpc) is 1.90. The predicted octanol–water partition coefficient (Wildman–Crippen LogP) is 21.8. The molecular formula is C79H54ClNO2. The van der Waals surface area contributed by atoms with Crippen molar-refractivity contribution >= 4 is 83.3 Å². The second-order valence-electron chi connectivity index (χ2n) is 21.5. The number of furan rings is 2. The van der Waals surface area contributed by atoms with Crippen LogP contribution < -0.4 is 4.90 Å². The lowest BCUT2D eigenvalue weighted by Crippen LogP contribution is -2.28. The van der Waals surface area contributed by atoms with Gasteiger partial charge in [-0.2, -0.15) is 0 Å². The first-order chi connectivity index (χ1) is 40.6. The molecule has 13 aromatic carbocycles. The van der Waals surface area contributed by atoms with Crippen molar-refractivity contribution in [2.24, 2.45) is 0 Å². The fourth-order valence-electron chi connectivity index (χ4n) is 14.1. The Kier molecular flexibility index (Phi) is 11.9. The summed E-state index contributed by atoms with van der Waals surface area (Å²) in [6.45, 7) is 0. The number of fused-ring (bicyclic) bond motifs is 13. The van der Waals surface area contributed by atoms with Gasteiger partial charge in [-0.3, -0.25) is 0 Å². The Balaban J connectivity index is 0.000000151. The number of halogens is 1. The highest BCUT2D eigenvalue weighted by Gasteiger charge is 2.49. The first kappa shape index (κ1) is 49.8. The Morgan fingerprint density at radius 1 is 0.289 bits per heavy atom. The predicted molar refractivity (Wildman–Crippen MR) is 346 cm³/mol. The summed E-state index contributed by atoms with van der Waals surface area (Å²) in [5.74, 6) is 0. The van der Waals surface area contributed by atoms with Gasteiger partial charge >= 0.3 is 0 Å². The molecule has 0 saturated heterocycles. The summed E-state index contributed by atoms with van der Waals surface area (Å²) in [6.07, 6.45) is 0. The number of hydrogen-bond donors (Lipinski definition) is 0. The average molecular weight is 1080 g/mol. The minimum atomic E-state index is -0.538. The molecule has 3 nitrogen and oxygen atoms in total. The summed E-state index contributed by atoms with van der Waals surface area (Å²) in [7, 11) is 0. The van der Waals surface area contributed by atoms with Crippen LogP contribution in [0.1, 0.15) is 51.9 Å². The summed E-state index contributed by atoms with van der Waals surface area (Å²) in [5.41, 5.74) is 20.7. The molecule has 0 aliphatic heterocycles. The third kappa shape index (κ3) is 7.44. The summed E-state index contributed by atoms with van der Waals surface area (Å²) < 4.78 is 13.7. The van der Waals surface area contributed by atoms with Crippen molar-refractivity contribution in [3.05, 3.63) is 353 Å². The van der Waals surface area contributed by atoms with Gasteiger partial charge in [0.15, 0.2) is 0 Å². The van der Waals surface area contributed by atoms with E-state index in [4.69, 9.17) is 20.4 Å². The molecule has 83 heavy (non-hydrogen) atoms. The van der Waals surface area contributed by atoms with Gasteiger partial charge in [0.05, 0.1) is 16.5 Å². The summed E-state index contributed by atoms with van der Waals surface area (Å²) in [6, 6.07) is 108. The van der Waals surface area contributed by atoms with Gasteiger partial charge in [0.1, 0.15) is 22.3 Å². The van der Waals surface area contributed by atoms with Gasteiger partial charge < -0.3 is 13.7 Å². The Bertz CT molecular complexity index is 4870. The highest BCUT2D eigenvalue weighted by molar-refractivity contribution is 6.31. The SMILES string of the molecule is C.Clc1ccc2c(c1)oc1c(C3(c4ccccc4)c4ccccc4-c4ccccc43)cccc12.c1ccc(N(c2ccc3c(c2)oc2c(C4(c5ccccc5)c5ccccc5-c5ccccc54)cccc23)c2cccc3ccccc23)cc1. The van der Waals surface area contributed by atoms with Crippen molar-refractivity contribution in [2.75, 3.05) is 4.90 Å². The Hall–Kier alpha value is -10.2. The quantitative estimate of drug-likeness (QED) is 0.159. The largest absolute Gasteiger partial charge is 0.456 e. The van der Waals surface area contributed by atoms with Crippen molar-refractivity contribution in [2.45, 2.75) is 18.3 Å². The first-order valence-corrected chi connectivity index (χ1v) is 28.4. The molecule has 15 aromatic rings. The molecule has 0 saturated carbocycles. The van der Waals surface area contributed by atoms with Gasteiger partial charge in [-0.1, -0.05) is 268 Å². The van der Waals surface area contributed by atoms with Crippen molar-refractivity contribution in [1.29, 1.82) is 0 Å². The van der Waals surface area contributed by atoms with E-state index in [2.05, 4.69) is 296 Å². The van der Waals surface area contributed by atoms with Crippen LogP contribution in [0.25, 0.3) is 76.9 Å². The minimum absolute atomic E-state index is 0. The zero-order valence-electron chi connectivity index (χ0n) is 44.5. The van der Waals surface area contributed by atoms with Gasteiger partial charge in [0.25, 0.3) is 0 Å². The maximum Gasteiger partial charge on any atom is 0.140 e. The van der Waals surface area contributed by atoms with Gasteiger partial charge in [0.2, 0.25) is 0 Å². The minimum Gasteiger partial charge on any atom is -0.456 e. The highest BCUT2D eigenvalue weighted by Crippen LogP contribution is 2.59. The van der Waals surface area contributed by atoms with E-state index in [0.29, 0.717) is 5.02 Å². The van der Waals surface area contributed by atoms with Crippen molar-refractivity contribution in [1.82, 2.24) is 0 Å². The smallest absolute Gasteiger partial charge is 0.140 e. The molecule has 2 aliphatic rings. The zero-order valence-corrected chi connectivity index (χ0v) is 45.3. The zero-order chi connectivity index (χ0) is 54.4. The van der Waals surface area contributed by atoms with Crippen LogP contribution in [0.3, 0.4) is 0 Å². The van der Waals surface area contributed by atoms with Gasteiger partial charge in [-0.15, -0.1) is 0 Å². The van der Waals surface area contributed by atoms with E-state index < -0.39 is 10.8 Å². The lowest BCUT2D eigenvalue weighted by Gasteiger charge is -2.33. The lowest BCUT2D eigenvalue weighted by atomic mass is 9.67. The van der Waals surface area contributed by atoms with E-state index in [0.717, 1.165) is 72.1 Å². The molecular weight excluding hydrogens is 1030 g/mol. The molecule has 0 bridgehead atoms. The number of para-hydroxylation sites is 3. The van der Waals surface area contributed by atoms with Crippen LogP contribution in [0.4, 0.5) is 17.1 Å². The second kappa shape index (κ2) is 19.8. The van der Waals surface area contributed by atoms with Gasteiger partial charge in [-0.25, -0.2) is 0 Å². The van der Waals surface area contributed by atoms with E-state index in [9.17, 15) is 0 Å². The van der Waals surface area contributed by atoms with E-state index in [-0.39, 0.29) is 7.43 Å². The monoisotopic (exact) mass is 1080 g/mol. The normalized spacial score (nSPS) is 13.2. The number of nitrogens with zero attached hydrogens (tertiary/aromatic N) is 1. The number of rotatable bonds is 7. The summed E-state index contributed by atoms with van der Waals surface area (Å²) in [5, 5.41) is 7.50. The number of hydrogen-bond acceptors (Lipinski definition) is 3. The lowest BCUT2D eigenvalue weighted by molar-refractivity contribution is 0.648. The first-order valence-electron chi connectivity index (χ1n) is 28.0. The number of anilines is 3.